The van der Waals surface area contributed by atoms with Crippen LogP contribution in [0.25, 0.3) is 0 Å². The monoisotopic (exact) mass is 483 g/mol. The van der Waals surface area contributed by atoms with Gasteiger partial charge in [-0.3, -0.25) is 4.79 Å². The van der Waals surface area contributed by atoms with Crippen molar-refractivity contribution in [2.24, 2.45) is 7.05 Å². The van der Waals surface area contributed by atoms with Crippen molar-refractivity contribution in [3.8, 4) is 0 Å². The zero-order valence-corrected chi connectivity index (χ0v) is 18.5. The number of carbonyl (C=O) groups is 2. The van der Waals surface area contributed by atoms with Gasteiger partial charge < -0.3 is 14.6 Å². The van der Waals surface area contributed by atoms with Crippen molar-refractivity contribution in [3.05, 3.63) is 46.7 Å². The number of nitrogens with zero attached hydrogens (tertiary/aromatic N) is 2. The molecule has 0 bridgehead atoms. The number of ether oxygens (including phenoxy) is 1. The van der Waals surface area contributed by atoms with Crippen LogP contribution in [0.5, 0.6) is 0 Å². The van der Waals surface area contributed by atoms with Gasteiger partial charge in [0.25, 0.3) is 0 Å². The van der Waals surface area contributed by atoms with Crippen molar-refractivity contribution in [3.63, 3.8) is 0 Å². The van der Waals surface area contributed by atoms with Crippen LogP contribution in [-0.4, -0.2) is 48.4 Å². The molecule has 1 N–H and O–H groups in total. The van der Waals surface area contributed by atoms with Crippen LogP contribution in [0.3, 0.4) is 0 Å². The van der Waals surface area contributed by atoms with Gasteiger partial charge in [-0.05, 0) is 44.0 Å². The summed E-state index contributed by atoms with van der Waals surface area (Å²) in [5, 5.41) is 2.78. The number of aromatic nitrogens is 1. The third-order valence-electron chi connectivity index (χ3n) is 4.67. The minimum Gasteiger partial charge on any atom is -0.461 e. The Morgan fingerprint density at radius 1 is 1.31 bits per heavy atom. The van der Waals surface area contributed by atoms with E-state index in [0.717, 1.165) is 4.47 Å². The molecule has 1 atom stereocenters. The molecule has 0 radical (unpaired) electrons. The van der Waals surface area contributed by atoms with E-state index in [-0.39, 0.29) is 29.6 Å². The maximum atomic E-state index is 13.2. The second kappa shape index (κ2) is 8.68. The van der Waals surface area contributed by atoms with Crippen molar-refractivity contribution in [2.45, 2.75) is 30.7 Å². The number of anilines is 1. The third-order valence-corrected chi connectivity index (χ3v) is 7.04. The minimum atomic E-state index is -3.95. The fourth-order valence-corrected chi connectivity index (χ4v) is 5.43. The number of amides is 1. The summed E-state index contributed by atoms with van der Waals surface area (Å²) in [5.74, 6) is -0.979. The lowest BCUT2D eigenvalue weighted by molar-refractivity contribution is -0.119. The maximum Gasteiger partial charge on any atom is 0.354 e. The summed E-state index contributed by atoms with van der Waals surface area (Å²) in [5.41, 5.74) is 0.720. The molecule has 0 saturated carbocycles. The van der Waals surface area contributed by atoms with Gasteiger partial charge in [0.15, 0.2) is 0 Å². The molecule has 1 amide bonds. The number of sulfonamides is 1. The molecular weight excluding hydrogens is 462 g/mol. The van der Waals surface area contributed by atoms with Gasteiger partial charge in [-0.1, -0.05) is 22.0 Å². The van der Waals surface area contributed by atoms with Crippen LogP contribution in [-0.2, 0) is 26.6 Å². The Bertz CT molecular complexity index is 1030. The summed E-state index contributed by atoms with van der Waals surface area (Å²) in [6.07, 6.45) is 2.37. The molecule has 29 heavy (non-hydrogen) atoms. The highest BCUT2D eigenvalue weighted by molar-refractivity contribution is 9.10. The fraction of sp³-hybridized carbons (Fsp3) is 0.368. The average Bonchev–Trinajstić information content (AvgIpc) is 3.29. The molecule has 3 rings (SSSR count). The second-order valence-corrected chi connectivity index (χ2v) is 9.47. The maximum absolute atomic E-state index is 13.2. The average molecular weight is 484 g/mol. The predicted molar refractivity (Wildman–Crippen MR) is 111 cm³/mol. The van der Waals surface area contributed by atoms with Gasteiger partial charge >= 0.3 is 5.97 Å². The summed E-state index contributed by atoms with van der Waals surface area (Å²) in [7, 11) is -2.37. The Hall–Kier alpha value is -2.17. The molecule has 156 valence electrons. The van der Waals surface area contributed by atoms with E-state index in [4.69, 9.17) is 4.74 Å². The van der Waals surface area contributed by atoms with Crippen LogP contribution in [0.2, 0.25) is 0 Å². The number of nitrogens with one attached hydrogen (secondary N) is 1. The van der Waals surface area contributed by atoms with Crippen LogP contribution >= 0.6 is 15.9 Å². The van der Waals surface area contributed by atoms with Crippen molar-refractivity contribution in [1.82, 2.24) is 8.87 Å². The SMILES string of the molecule is CCOC(=O)c1cc(S(=O)(=O)N2CCC[C@@H]2C(=O)Nc2cccc(Br)c2)cn1C. The van der Waals surface area contributed by atoms with Crippen LogP contribution in [0.4, 0.5) is 5.69 Å². The predicted octanol–water partition coefficient (Wildman–Crippen LogP) is 2.76. The van der Waals surface area contributed by atoms with E-state index in [1.165, 1.54) is 21.1 Å². The molecule has 1 aromatic carbocycles. The zero-order valence-electron chi connectivity index (χ0n) is 16.1. The van der Waals surface area contributed by atoms with Crippen molar-refractivity contribution in [1.29, 1.82) is 0 Å². The Labute approximate surface area is 178 Å². The van der Waals surface area contributed by atoms with E-state index >= 15 is 0 Å². The molecule has 1 aromatic heterocycles. The molecule has 1 aliphatic heterocycles. The van der Waals surface area contributed by atoms with E-state index < -0.39 is 22.0 Å². The minimum absolute atomic E-state index is 0.0368. The first-order valence-electron chi connectivity index (χ1n) is 9.15. The number of halogens is 1. The first kappa shape index (κ1) is 21.5. The Kier molecular flexibility index (Phi) is 6.45. The summed E-state index contributed by atoms with van der Waals surface area (Å²) in [4.78, 5) is 24.7. The lowest BCUT2D eigenvalue weighted by atomic mass is 10.2. The molecule has 8 nitrogen and oxygen atoms in total. The molecule has 0 aliphatic carbocycles. The van der Waals surface area contributed by atoms with Crippen molar-refractivity contribution < 1.29 is 22.7 Å². The lowest BCUT2D eigenvalue weighted by Crippen LogP contribution is -2.43. The molecule has 10 heteroatoms. The highest BCUT2D eigenvalue weighted by Gasteiger charge is 2.40. The van der Waals surface area contributed by atoms with Crippen LogP contribution in [0.15, 0.2) is 45.9 Å². The van der Waals surface area contributed by atoms with Gasteiger partial charge in [-0.2, -0.15) is 4.31 Å². The fourth-order valence-electron chi connectivity index (χ4n) is 3.30. The van der Waals surface area contributed by atoms with E-state index in [0.29, 0.717) is 18.5 Å². The number of carbonyl (C=O) groups excluding carboxylic acids is 2. The Morgan fingerprint density at radius 2 is 2.07 bits per heavy atom. The van der Waals surface area contributed by atoms with Gasteiger partial charge in [0.05, 0.1) is 6.61 Å². The highest BCUT2D eigenvalue weighted by atomic mass is 79.9. The van der Waals surface area contributed by atoms with E-state index in [9.17, 15) is 18.0 Å². The van der Waals surface area contributed by atoms with E-state index in [1.807, 2.05) is 6.07 Å². The number of esters is 1. The van der Waals surface area contributed by atoms with Gasteiger partial charge in [0.1, 0.15) is 16.6 Å². The van der Waals surface area contributed by atoms with Gasteiger partial charge in [0, 0.05) is 29.9 Å². The van der Waals surface area contributed by atoms with Crippen LogP contribution in [0, 0.1) is 0 Å². The topological polar surface area (TPSA) is 97.7 Å². The summed E-state index contributed by atoms with van der Waals surface area (Å²) in [6.45, 7) is 2.11. The van der Waals surface area contributed by atoms with Crippen LogP contribution in [0.1, 0.15) is 30.3 Å². The van der Waals surface area contributed by atoms with Gasteiger partial charge in [-0.25, -0.2) is 13.2 Å². The molecule has 2 heterocycles. The molecular formula is C19H22BrN3O5S. The smallest absolute Gasteiger partial charge is 0.354 e. The number of benzene rings is 1. The van der Waals surface area contributed by atoms with Crippen molar-refractivity contribution in [2.75, 3.05) is 18.5 Å². The first-order chi connectivity index (χ1) is 13.7. The normalized spacial score (nSPS) is 17.3. The van der Waals surface area contributed by atoms with E-state index in [1.54, 1.807) is 32.2 Å². The van der Waals surface area contributed by atoms with E-state index in [2.05, 4.69) is 21.2 Å². The highest BCUT2D eigenvalue weighted by Crippen LogP contribution is 2.28. The summed E-state index contributed by atoms with van der Waals surface area (Å²) >= 11 is 3.34. The zero-order chi connectivity index (χ0) is 21.2. The number of rotatable bonds is 6. The standard InChI is InChI=1S/C19H22BrN3O5S/c1-3-28-19(25)17-11-15(12-22(17)2)29(26,27)23-9-5-8-16(23)18(24)21-14-7-4-6-13(20)10-14/h4,6-7,10-12,16H,3,5,8-9H2,1-2H3,(H,21,24)/t16-/m1/s1. The quantitative estimate of drug-likeness (QED) is 0.636. The molecule has 1 fully saturated rings. The summed E-state index contributed by atoms with van der Waals surface area (Å²) < 4.78 is 34.7. The Balaban J connectivity index is 1.83. The molecule has 1 saturated heterocycles. The van der Waals surface area contributed by atoms with Gasteiger partial charge in [0.2, 0.25) is 15.9 Å². The summed E-state index contributed by atoms with van der Waals surface area (Å²) in [6, 6.07) is 7.57. The lowest BCUT2D eigenvalue weighted by Gasteiger charge is -2.23. The van der Waals surface area contributed by atoms with Crippen LogP contribution < -0.4 is 5.32 Å². The molecule has 0 unspecified atom stereocenters. The largest absolute Gasteiger partial charge is 0.461 e. The van der Waals surface area contributed by atoms with Gasteiger partial charge in [-0.15, -0.1) is 0 Å². The molecule has 0 spiro atoms. The number of aryl methyl sites for hydroxylation is 1. The number of hydrogen-bond acceptors (Lipinski definition) is 5. The first-order valence-corrected chi connectivity index (χ1v) is 11.4. The molecule has 2 aromatic rings. The third kappa shape index (κ3) is 4.54. The number of hydrogen-bond donors (Lipinski definition) is 1. The Morgan fingerprint density at radius 3 is 2.76 bits per heavy atom. The van der Waals surface area contributed by atoms with Crippen molar-refractivity contribution >= 4 is 43.5 Å². The second-order valence-electron chi connectivity index (χ2n) is 6.67. The molecule has 1 aliphatic rings.